The SMILES string of the molecule is Oc1cc#ccc1CC1=CC=CCC1. The molecule has 1 heteroatoms. The molecular formula is C13H12O. The number of hydrogen-bond acceptors (Lipinski definition) is 1. The Bertz CT molecular complexity index is 375. The van der Waals surface area contributed by atoms with Gasteiger partial charge < -0.3 is 5.11 Å². The highest BCUT2D eigenvalue weighted by Crippen LogP contribution is 2.21. The first-order valence-corrected chi connectivity index (χ1v) is 4.80. The lowest BCUT2D eigenvalue weighted by Crippen LogP contribution is -1.93. The molecule has 0 aliphatic heterocycles. The summed E-state index contributed by atoms with van der Waals surface area (Å²) < 4.78 is 0. The minimum Gasteiger partial charge on any atom is -0.507 e. The van der Waals surface area contributed by atoms with Crippen LogP contribution in [0.4, 0.5) is 0 Å². The van der Waals surface area contributed by atoms with Crippen molar-refractivity contribution in [3.05, 3.63) is 53.6 Å². The molecule has 1 aliphatic rings. The number of aromatic hydroxyl groups is 1. The normalized spacial score (nSPS) is 14.7. The first-order chi connectivity index (χ1) is 6.86. The molecule has 0 amide bonds. The smallest absolute Gasteiger partial charge is 0.128 e. The second-order valence-corrected chi connectivity index (χ2v) is 3.46. The van der Waals surface area contributed by atoms with Gasteiger partial charge in [0.15, 0.2) is 0 Å². The Morgan fingerprint density at radius 2 is 2.14 bits per heavy atom. The maximum atomic E-state index is 9.54. The molecule has 1 aromatic carbocycles. The van der Waals surface area contributed by atoms with Crippen molar-refractivity contribution in [1.29, 1.82) is 0 Å². The molecule has 14 heavy (non-hydrogen) atoms. The Morgan fingerprint density at radius 3 is 2.86 bits per heavy atom. The van der Waals surface area contributed by atoms with Gasteiger partial charge in [0.1, 0.15) is 5.75 Å². The van der Waals surface area contributed by atoms with Crippen LogP contribution >= 0.6 is 0 Å². The van der Waals surface area contributed by atoms with Crippen molar-refractivity contribution < 1.29 is 5.11 Å². The van der Waals surface area contributed by atoms with Crippen LogP contribution in [-0.2, 0) is 6.42 Å². The van der Waals surface area contributed by atoms with E-state index in [0.717, 1.165) is 24.8 Å². The monoisotopic (exact) mass is 184 g/mol. The highest BCUT2D eigenvalue weighted by Gasteiger charge is 2.04. The maximum absolute atomic E-state index is 9.54. The molecule has 1 N–H and O–H groups in total. The van der Waals surface area contributed by atoms with E-state index in [-0.39, 0.29) is 0 Å². The molecule has 0 atom stereocenters. The summed E-state index contributed by atoms with van der Waals surface area (Å²) in [5, 5.41) is 9.54. The lowest BCUT2D eigenvalue weighted by atomic mass is 9.98. The second-order valence-electron chi connectivity index (χ2n) is 3.46. The molecule has 0 fully saturated rings. The zero-order valence-corrected chi connectivity index (χ0v) is 7.96. The summed E-state index contributed by atoms with van der Waals surface area (Å²) in [7, 11) is 0. The van der Waals surface area contributed by atoms with E-state index in [9.17, 15) is 5.11 Å². The first-order valence-electron chi connectivity index (χ1n) is 4.80. The summed E-state index contributed by atoms with van der Waals surface area (Å²) in [6, 6.07) is 8.96. The highest BCUT2D eigenvalue weighted by atomic mass is 16.3. The van der Waals surface area contributed by atoms with Crippen molar-refractivity contribution in [2.24, 2.45) is 0 Å². The number of allylic oxidation sites excluding steroid dienone is 4. The molecule has 0 spiro atoms. The van der Waals surface area contributed by atoms with E-state index in [1.807, 2.05) is 0 Å². The van der Waals surface area contributed by atoms with Crippen LogP contribution in [0.25, 0.3) is 0 Å². The molecule has 0 aromatic heterocycles. The topological polar surface area (TPSA) is 20.2 Å². The Morgan fingerprint density at radius 1 is 1.29 bits per heavy atom. The summed E-state index contributed by atoms with van der Waals surface area (Å²) in [6.07, 6.45) is 9.38. The molecular weight excluding hydrogens is 172 g/mol. The van der Waals surface area contributed by atoms with Crippen molar-refractivity contribution in [2.75, 3.05) is 0 Å². The summed E-state index contributed by atoms with van der Waals surface area (Å²) in [6.45, 7) is 0. The van der Waals surface area contributed by atoms with E-state index in [2.05, 4.69) is 30.4 Å². The van der Waals surface area contributed by atoms with Crippen molar-refractivity contribution >= 4 is 0 Å². The minimum absolute atomic E-state index is 0.319. The summed E-state index contributed by atoms with van der Waals surface area (Å²) >= 11 is 0. The van der Waals surface area contributed by atoms with Crippen LogP contribution in [0.5, 0.6) is 5.75 Å². The van der Waals surface area contributed by atoms with Crippen molar-refractivity contribution in [3.63, 3.8) is 0 Å². The molecule has 0 bridgehead atoms. The maximum Gasteiger partial charge on any atom is 0.128 e. The standard InChI is InChI=1S/C13H12O/c14-13-9-5-4-8-12(13)10-11-6-2-1-3-7-11/h1-2,6,8-9,14H,3,7,10H2. The second kappa shape index (κ2) is 4.02. The Labute approximate surface area is 84.4 Å². The van der Waals surface area contributed by atoms with Crippen LogP contribution in [0.1, 0.15) is 18.4 Å². The zero-order valence-electron chi connectivity index (χ0n) is 7.96. The van der Waals surface area contributed by atoms with Gasteiger partial charge in [0.05, 0.1) is 0 Å². The third-order valence-corrected chi connectivity index (χ3v) is 2.39. The molecule has 0 unspecified atom stereocenters. The van der Waals surface area contributed by atoms with Crippen molar-refractivity contribution in [2.45, 2.75) is 19.3 Å². The Kier molecular flexibility index (Phi) is 2.55. The van der Waals surface area contributed by atoms with Crippen LogP contribution in [0.2, 0.25) is 0 Å². The lowest BCUT2D eigenvalue weighted by Gasteiger charge is -2.08. The van der Waals surface area contributed by atoms with E-state index in [1.54, 1.807) is 12.1 Å². The van der Waals surface area contributed by atoms with Crippen LogP contribution in [0, 0.1) is 12.1 Å². The molecule has 1 aliphatic carbocycles. The van der Waals surface area contributed by atoms with Gasteiger partial charge in [-0.2, -0.15) is 0 Å². The van der Waals surface area contributed by atoms with E-state index in [1.165, 1.54) is 5.57 Å². The van der Waals surface area contributed by atoms with Gasteiger partial charge in [-0.15, -0.1) is 0 Å². The third-order valence-electron chi connectivity index (χ3n) is 2.39. The van der Waals surface area contributed by atoms with Gasteiger partial charge in [-0.05, 0) is 25.3 Å². The third kappa shape index (κ3) is 1.97. The summed E-state index contributed by atoms with van der Waals surface area (Å²) in [5.41, 5.74) is 2.30. The van der Waals surface area contributed by atoms with E-state index < -0.39 is 0 Å². The fourth-order valence-corrected chi connectivity index (χ4v) is 1.59. The van der Waals surface area contributed by atoms with Gasteiger partial charge in [-0.3, -0.25) is 0 Å². The quantitative estimate of drug-likeness (QED) is 0.749. The van der Waals surface area contributed by atoms with Gasteiger partial charge in [0, 0.05) is 11.6 Å². The van der Waals surface area contributed by atoms with Crippen molar-refractivity contribution in [3.8, 4) is 5.75 Å². The van der Waals surface area contributed by atoms with E-state index >= 15 is 0 Å². The zero-order chi connectivity index (χ0) is 9.80. The highest BCUT2D eigenvalue weighted by molar-refractivity contribution is 5.34. The van der Waals surface area contributed by atoms with Crippen LogP contribution in [0.15, 0.2) is 35.9 Å². The largest absolute Gasteiger partial charge is 0.507 e. The average molecular weight is 184 g/mol. The molecule has 2 rings (SSSR count). The van der Waals surface area contributed by atoms with Crippen LogP contribution in [0.3, 0.4) is 0 Å². The first kappa shape index (κ1) is 8.90. The molecule has 0 radical (unpaired) electrons. The van der Waals surface area contributed by atoms with E-state index in [4.69, 9.17) is 0 Å². The van der Waals surface area contributed by atoms with Gasteiger partial charge in [-0.1, -0.05) is 35.9 Å². The molecule has 0 heterocycles. The lowest BCUT2D eigenvalue weighted by molar-refractivity contribution is 0.469. The molecule has 0 saturated heterocycles. The minimum atomic E-state index is 0.319. The number of hydrogen-bond donors (Lipinski definition) is 1. The number of rotatable bonds is 2. The van der Waals surface area contributed by atoms with Crippen molar-refractivity contribution in [1.82, 2.24) is 0 Å². The fourth-order valence-electron chi connectivity index (χ4n) is 1.59. The van der Waals surface area contributed by atoms with Gasteiger partial charge in [0.2, 0.25) is 0 Å². The van der Waals surface area contributed by atoms with Crippen LogP contribution < -0.4 is 0 Å². The Balaban J connectivity index is 2.14. The molecule has 0 saturated carbocycles. The summed E-state index contributed by atoms with van der Waals surface area (Å²) in [5.74, 6) is 0.319. The van der Waals surface area contributed by atoms with E-state index in [0.29, 0.717) is 5.75 Å². The predicted molar refractivity (Wildman–Crippen MR) is 55.9 cm³/mol. The fraction of sp³-hybridized carbons (Fsp3) is 0.231. The average Bonchev–Trinajstić information content (AvgIpc) is 2.23. The van der Waals surface area contributed by atoms with Gasteiger partial charge in [0.25, 0.3) is 0 Å². The molecule has 1 aromatic rings. The Hall–Kier alpha value is -1.68. The van der Waals surface area contributed by atoms with Crippen LogP contribution in [-0.4, -0.2) is 5.11 Å². The summed E-state index contributed by atoms with van der Waals surface area (Å²) in [4.78, 5) is 0. The van der Waals surface area contributed by atoms with Gasteiger partial charge >= 0.3 is 0 Å². The predicted octanol–water partition coefficient (Wildman–Crippen LogP) is 2.81. The molecule has 1 nitrogen and oxygen atoms in total. The molecule has 70 valence electrons. The van der Waals surface area contributed by atoms with Gasteiger partial charge in [-0.25, -0.2) is 0 Å².